The zero-order valence-electron chi connectivity index (χ0n) is 11.2. The van der Waals surface area contributed by atoms with Crippen LogP contribution in [0.5, 0.6) is 0 Å². The fraction of sp³-hybridized carbons (Fsp3) is 0.692. The smallest absolute Gasteiger partial charge is 0.407 e. The van der Waals surface area contributed by atoms with Gasteiger partial charge in [-0.05, 0) is 40.0 Å². The van der Waals surface area contributed by atoms with Gasteiger partial charge >= 0.3 is 6.09 Å². The molecule has 100 valence electrons. The number of carbonyl (C=O) groups is 1. The van der Waals surface area contributed by atoms with Crippen LogP contribution in [0.3, 0.4) is 0 Å². The van der Waals surface area contributed by atoms with Crippen molar-refractivity contribution in [2.24, 2.45) is 0 Å². The van der Waals surface area contributed by atoms with E-state index in [0.717, 1.165) is 30.6 Å². The molecule has 0 bridgehead atoms. The van der Waals surface area contributed by atoms with Crippen molar-refractivity contribution in [1.29, 1.82) is 0 Å². The summed E-state index contributed by atoms with van der Waals surface area (Å²) in [5.41, 5.74) is 0.690. The lowest BCUT2D eigenvalue weighted by molar-refractivity contribution is 0.0500. The molecule has 1 aliphatic rings. The Balaban J connectivity index is 1.93. The number of ether oxygens (including phenoxy) is 1. The van der Waals surface area contributed by atoms with Crippen LogP contribution >= 0.6 is 0 Å². The number of rotatable bonds is 1. The summed E-state index contributed by atoms with van der Waals surface area (Å²) in [6.07, 6.45) is 5.01. The highest BCUT2D eigenvalue weighted by molar-refractivity contribution is 5.68. The minimum atomic E-state index is -0.466. The molecule has 1 atom stereocenters. The maximum absolute atomic E-state index is 11.7. The first kappa shape index (κ1) is 12.9. The van der Waals surface area contributed by atoms with Gasteiger partial charge in [0.15, 0.2) is 0 Å². The maximum atomic E-state index is 11.7. The maximum Gasteiger partial charge on any atom is 0.407 e. The third-order valence-corrected chi connectivity index (χ3v) is 2.88. The Kier molecular flexibility index (Phi) is 3.59. The number of alkyl carbamates (subject to hydrolysis) is 1. The van der Waals surface area contributed by atoms with E-state index in [1.165, 1.54) is 0 Å². The quantitative estimate of drug-likeness (QED) is 0.780. The lowest BCUT2D eigenvalue weighted by Crippen LogP contribution is -2.39. The summed E-state index contributed by atoms with van der Waals surface area (Å²) in [7, 11) is 0. The van der Waals surface area contributed by atoms with Gasteiger partial charge in [0.25, 0.3) is 0 Å². The van der Waals surface area contributed by atoms with Crippen LogP contribution in [0.1, 0.15) is 44.9 Å². The number of carbonyl (C=O) groups excluding carboxylic acids is 1. The van der Waals surface area contributed by atoms with Gasteiger partial charge < -0.3 is 14.6 Å². The Hall–Kier alpha value is -1.52. The number of nitrogens with one attached hydrogen (secondary N) is 1. The number of aromatic nitrogens is 1. The summed E-state index contributed by atoms with van der Waals surface area (Å²) < 4.78 is 10.5. The minimum Gasteiger partial charge on any atom is -0.444 e. The minimum absolute atomic E-state index is 0.0639. The lowest BCUT2D eigenvalue weighted by Gasteiger charge is -2.22. The van der Waals surface area contributed by atoms with E-state index in [0.29, 0.717) is 6.42 Å². The van der Waals surface area contributed by atoms with Gasteiger partial charge in [0.2, 0.25) is 0 Å². The van der Waals surface area contributed by atoms with Crippen LogP contribution in [0, 0.1) is 0 Å². The Morgan fingerprint density at radius 2 is 2.33 bits per heavy atom. The summed E-state index contributed by atoms with van der Waals surface area (Å²) in [5.74, 6) is 0.883. The molecule has 0 radical (unpaired) electrons. The summed E-state index contributed by atoms with van der Waals surface area (Å²) in [6, 6.07) is 0.0639. The molecular formula is C13H20N2O3. The predicted molar refractivity (Wildman–Crippen MR) is 66.3 cm³/mol. The summed E-state index contributed by atoms with van der Waals surface area (Å²) in [6.45, 7) is 5.57. The van der Waals surface area contributed by atoms with E-state index >= 15 is 0 Å². The Bertz CT molecular complexity index is 420. The average molecular weight is 252 g/mol. The van der Waals surface area contributed by atoms with E-state index < -0.39 is 5.60 Å². The number of aryl methyl sites for hydroxylation is 1. The Labute approximate surface area is 107 Å². The number of fused-ring (bicyclic) bond motifs is 1. The van der Waals surface area contributed by atoms with E-state index in [1.54, 1.807) is 6.20 Å². The van der Waals surface area contributed by atoms with Crippen LogP contribution in [0.4, 0.5) is 4.79 Å². The van der Waals surface area contributed by atoms with Crippen LogP contribution in [0.25, 0.3) is 0 Å². The fourth-order valence-electron chi connectivity index (χ4n) is 2.12. The van der Waals surface area contributed by atoms with E-state index in [1.807, 2.05) is 20.8 Å². The van der Waals surface area contributed by atoms with Crippen molar-refractivity contribution in [1.82, 2.24) is 10.5 Å². The van der Waals surface area contributed by atoms with Gasteiger partial charge in [0.1, 0.15) is 11.4 Å². The molecule has 1 heterocycles. The molecule has 1 N–H and O–H groups in total. The Morgan fingerprint density at radius 1 is 1.56 bits per heavy atom. The molecule has 0 unspecified atom stereocenters. The SMILES string of the molecule is CC(C)(C)OC(=O)N[C@@H]1CCCc2cnoc2C1. The Morgan fingerprint density at radius 3 is 3.06 bits per heavy atom. The zero-order chi connectivity index (χ0) is 13.2. The second-order valence-corrected chi connectivity index (χ2v) is 5.71. The zero-order valence-corrected chi connectivity index (χ0v) is 11.2. The van der Waals surface area contributed by atoms with Crippen LogP contribution in [-0.2, 0) is 17.6 Å². The van der Waals surface area contributed by atoms with Gasteiger partial charge in [-0.2, -0.15) is 0 Å². The monoisotopic (exact) mass is 252 g/mol. The van der Waals surface area contributed by atoms with Crippen molar-refractivity contribution in [3.8, 4) is 0 Å². The highest BCUT2D eigenvalue weighted by Gasteiger charge is 2.23. The van der Waals surface area contributed by atoms with Gasteiger partial charge in [0, 0.05) is 18.0 Å². The molecule has 5 nitrogen and oxygen atoms in total. The average Bonchev–Trinajstić information content (AvgIpc) is 2.55. The van der Waals surface area contributed by atoms with Gasteiger partial charge in [-0.15, -0.1) is 0 Å². The second kappa shape index (κ2) is 5.00. The topological polar surface area (TPSA) is 64.4 Å². The first-order valence-electron chi connectivity index (χ1n) is 6.36. The lowest BCUT2D eigenvalue weighted by atomic mass is 10.1. The van der Waals surface area contributed by atoms with E-state index in [2.05, 4.69) is 10.5 Å². The molecule has 18 heavy (non-hydrogen) atoms. The number of amides is 1. The molecule has 5 heteroatoms. The molecule has 1 aromatic heterocycles. The van der Waals surface area contributed by atoms with Crippen LogP contribution in [-0.4, -0.2) is 22.9 Å². The highest BCUT2D eigenvalue weighted by atomic mass is 16.6. The summed E-state index contributed by atoms with van der Waals surface area (Å²) in [5, 5.41) is 6.70. The van der Waals surface area contributed by atoms with Crippen molar-refractivity contribution < 1.29 is 14.1 Å². The van der Waals surface area contributed by atoms with Crippen molar-refractivity contribution in [3.63, 3.8) is 0 Å². The number of hydrogen-bond donors (Lipinski definition) is 1. The van der Waals surface area contributed by atoms with Crippen LogP contribution < -0.4 is 5.32 Å². The van der Waals surface area contributed by atoms with Crippen molar-refractivity contribution >= 4 is 6.09 Å². The second-order valence-electron chi connectivity index (χ2n) is 5.71. The van der Waals surface area contributed by atoms with Gasteiger partial charge in [-0.3, -0.25) is 0 Å². The molecule has 1 aromatic rings. The number of nitrogens with zero attached hydrogens (tertiary/aromatic N) is 1. The van der Waals surface area contributed by atoms with Gasteiger partial charge in [-0.25, -0.2) is 4.79 Å². The third kappa shape index (κ3) is 3.48. The van der Waals surface area contributed by atoms with Crippen molar-refractivity contribution in [2.75, 3.05) is 0 Å². The molecule has 1 aliphatic carbocycles. The molecule has 2 rings (SSSR count). The third-order valence-electron chi connectivity index (χ3n) is 2.88. The molecule has 0 fully saturated rings. The molecule has 0 saturated carbocycles. The van der Waals surface area contributed by atoms with Crippen LogP contribution in [0.15, 0.2) is 10.7 Å². The largest absolute Gasteiger partial charge is 0.444 e. The standard InChI is InChI=1S/C13H20N2O3/c1-13(2,3)17-12(16)15-10-6-4-5-9-8-14-18-11(9)7-10/h8,10H,4-7H2,1-3H3,(H,15,16)/t10-/m1/s1. The van der Waals surface area contributed by atoms with E-state index in [4.69, 9.17) is 9.26 Å². The highest BCUT2D eigenvalue weighted by Crippen LogP contribution is 2.20. The molecule has 1 amide bonds. The normalized spacial score (nSPS) is 19.8. The summed E-state index contributed by atoms with van der Waals surface area (Å²) in [4.78, 5) is 11.7. The van der Waals surface area contributed by atoms with E-state index in [9.17, 15) is 4.79 Å². The first-order chi connectivity index (χ1) is 8.44. The fourth-order valence-corrected chi connectivity index (χ4v) is 2.12. The molecular weight excluding hydrogens is 232 g/mol. The molecule has 0 aliphatic heterocycles. The molecule has 0 saturated heterocycles. The first-order valence-corrected chi connectivity index (χ1v) is 6.36. The number of hydrogen-bond acceptors (Lipinski definition) is 4. The molecule has 0 aromatic carbocycles. The predicted octanol–water partition coefficient (Wildman–Crippen LogP) is 2.45. The van der Waals surface area contributed by atoms with Gasteiger partial charge in [-0.1, -0.05) is 5.16 Å². The van der Waals surface area contributed by atoms with Crippen molar-refractivity contribution in [2.45, 2.75) is 58.1 Å². The van der Waals surface area contributed by atoms with Crippen molar-refractivity contribution in [3.05, 3.63) is 17.5 Å². The summed E-state index contributed by atoms with van der Waals surface area (Å²) >= 11 is 0. The van der Waals surface area contributed by atoms with Crippen LogP contribution in [0.2, 0.25) is 0 Å². The van der Waals surface area contributed by atoms with Gasteiger partial charge in [0.05, 0.1) is 6.20 Å². The van der Waals surface area contributed by atoms with E-state index in [-0.39, 0.29) is 12.1 Å². The molecule has 0 spiro atoms.